The first-order chi connectivity index (χ1) is 17.4. The van der Waals surface area contributed by atoms with E-state index in [2.05, 4.69) is 6.92 Å². The standard InChI is InChI=1S/C30H41NO5/c1-22(32)30(2)21-31(29(33)20-35-19-24-11-5-4-6-12-24)18-26(30)25-13-14-27(34-3)28(17-25)36-16-15-23-9-7-8-10-23/h4-6,11-14,17,22-23,26,32H,7-10,15-16,18-21H2,1-3H3. The lowest BCUT2D eigenvalue weighted by molar-refractivity contribution is -0.136. The van der Waals surface area contributed by atoms with Crippen molar-refractivity contribution in [1.82, 2.24) is 4.90 Å². The second-order valence-electron chi connectivity index (χ2n) is 10.7. The Morgan fingerprint density at radius 1 is 1.14 bits per heavy atom. The first-order valence-electron chi connectivity index (χ1n) is 13.3. The smallest absolute Gasteiger partial charge is 0.248 e. The van der Waals surface area contributed by atoms with Gasteiger partial charge in [0.2, 0.25) is 5.91 Å². The fraction of sp³-hybridized carbons (Fsp3) is 0.567. The van der Waals surface area contributed by atoms with E-state index in [4.69, 9.17) is 14.2 Å². The van der Waals surface area contributed by atoms with E-state index in [1.165, 1.54) is 25.7 Å². The van der Waals surface area contributed by atoms with E-state index in [0.717, 1.165) is 29.2 Å². The summed E-state index contributed by atoms with van der Waals surface area (Å²) in [5.41, 5.74) is 1.61. The molecular formula is C30H41NO5. The van der Waals surface area contributed by atoms with Gasteiger partial charge in [0.15, 0.2) is 11.5 Å². The molecule has 36 heavy (non-hydrogen) atoms. The molecule has 1 N–H and O–H groups in total. The second-order valence-corrected chi connectivity index (χ2v) is 10.7. The van der Waals surface area contributed by atoms with Crippen LogP contribution in [0, 0.1) is 11.3 Å². The van der Waals surface area contributed by atoms with E-state index < -0.39 is 11.5 Å². The van der Waals surface area contributed by atoms with Crippen molar-refractivity contribution in [3.8, 4) is 11.5 Å². The fourth-order valence-electron chi connectivity index (χ4n) is 5.69. The summed E-state index contributed by atoms with van der Waals surface area (Å²) in [6, 6.07) is 15.9. The van der Waals surface area contributed by atoms with Gasteiger partial charge in [0.1, 0.15) is 6.61 Å². The van der Waals surface area contributed by atoms with Crippen molar-refractivity contribution < 1.29 is 24.1 Å². The minimum Gasteiger partial charge on any atom is -0.493 e. The number of amides is 1. The third-order valence-electron chi connectivity index (χ3n) is 8.22. The molecule has 2 aliphatic rings. The van der Waals surface area contributed by atoms with Gasteiger partial charge in [-0.2, -0.15) is 0 Å². The maximum atomic E-state index is 13.0. The molecule has 0 aromatic heterocycles. The Balaban J connectivity index is 1.43. The molecular weight excluding hydrogens is 454 g/mol. The first kappa shape index (κ1) is 26.5. The van der Waals surface area contributed by atoms with Crippen LogP contribution in [0.25, 0.3) is 0 Å². The van der Waals surface area contributed by atoms with Crippen LogP contribution in [0.3, 0.4) is 0 Å². The number of carbonyl (C=O) groups excluding carboxylic acids is 1. The molecule has 1 saturated carbocycles. The number of carbonyl (C=O) groups is 1. The van der Waals surface area contributed by atoms with Crippen LogP contribution in [0.2, 0.25) is 0 Å². The molecule has 0 bridgehead atoms. The quantitative estimate of drug-likeness (QED) is 0.465. The van der Waals surface area contributed by atoms with E-state index in [9.17, 15) is 9.90 Å². The van der Waals surface area contributed by atoms with Gasteiger partial charge < -0.3 is 24.2 Å². The number of aliphatic hydroxyl groups excluding tert-OH is 1. The van der Waals surface area contributed by atoms with Crippen molar-refractivity contribution in [2.75, 3.05) is 33.4 Å². The van der Waals surface area contributed by atoms with Crippen LogP contribution in [0.5, 0.6) is 11.5 Å². The Kier molecular flexibility index (Phi) is 8.91. The van der Waals surface area contributed by atoms with Crippen LogP contribution >= 0.6 is 0 Å². The Bertz CT molecular complexity index is 988. The topological polar surface area (TPSA) is 68.2 Å². The molecule has 196 valence electrons. The van der Waals surface area contributed by atoms with Gasteiger partial charge in [-0.1, -0.05) is 69.0 Å². The van der Waals surface area contributed by atoms with Crippen LogP contribution in [-0.2, 0) is 16.1 Å². The lowest BCUT2D eigenvalue weighted by Gasteiger charge is -2.33. The zero-order valence-electron chi connectivity index (χ0n) is 21.9. The Labute approximate surface area is 215 Å². The second kappa shape index (κ2) is 12.1. The summed E-state index contributed by atoms with van der Waals surface area (Å²) in [5, 5.41) is 10.8. The molecule has 1 aliphatic heterocycles. The van der Waals surface area contributed by atoms with Crippen molar-refractivity contribution in [3.05, 3.63) is 59.7 Å². The number of rotatable bonds is 11. The molecule has 1 saturated heterocycles. The highest BCUT2D eigenvalue weighted by molar-refractivity contribution is 5.78. The van der Waals surface area contributed by atoms with Crippen molar-refractivity contribution >= 4 is 5.91 Å². The van der Waals surface area contributed by atoms with E-state index in [1.54, 1.807) is 7.11 Å². The molecule has 2 aromatic rings. The molecule has 6 nitrogen and oxygen atoms in total. The highest BCUT2D eigenvalue weighted by Gasteiger charge is 2.48. The molecule has 0 radical (unpaired) electrons. The molecule has 1 heterocycles. The number of ether oxygens (including phenoxy) is 3. The first-order valence-corrected chi connectivity index (χ1v) is 13.3. The normalized spacial score (nSPS) is 23.1. The van der Waals surface area contributed by atoms with Gasteiger partial charge in [-0.3, -0.25) is 4.79 Å². The summed E-state index contributed by atoms with van der Waals surface area (Å²) >= 11 is 0. The summed E-state index contributed by atoms with van der Waals surface area (Å²) in [6.45, 7) is 5.98. The molecule has 6 heteroatoms. The lowest BCUT2D eigenvalue weighted by atomic mass is 9.72. The van der Waals surface area contributed by atoms with Gasteiger partial charge in [-0.25, -0.2) is 0 Å². The number of aliphatic hydroxyl groups is 1. The molecule has 3 atom stereocenters. The van der Waals surface area contributed by atoms with Gasteiger partial charge in [0, 0.05) is 24.4 Å². The number of hydrogen-bond donors (Lipinski definition) is 1. The SMILES string of the molecule is COc1ccc(C2CN(C(=O)COCc3ccccc3)CC2(C)C(C)O)cc1OCCC1CCCC1. The highest BCUT2D eigenvalue weighted by Crippen LogP contribution is 2.47. The van der Waals surface area contributed by atoms with Crippen molar-refractivity contribution in [3.63, 3.8) is 0 Å². The maximum Gasteiger partial charge on any atom is 0.248 e. The van der Waals surface area contributed by atoms with Gasteiger partial charge in [0.25, 0.3) is 0 Å². The molecule has 2 aromatic carbocycles. The average Bonchev–Trinajstić information content (AvgIpc) is 3.53. The zero-order chi connectivity index (χ0) is 25.5. The summed E-state index contributed by atoms with van der Waals surface area (Å²) in [5.74, 6) is 2.12. The average molecular weight is 496 g/mol. The Hall–Kier alpha value is -2.57. The van der Waals surface area contributed by atoms with Crippen LogP contribution < -0.4 is 9.47 Å². The van der Waals surface area contributed by atoms with Crippen molar-refractivity contribution in [1.29, 1.82) is 0 Å². The molecule has 1 aliphatic carbocycles. The van der Waals surface area contributed by atoms with Crippen LogP contribution in [0.4, 0.5) is 0 Å². The van der Waals surface area contributed by atoms with E-state index in [1.807, 2.05) is 60.4 Å². The molecule has 0 spiro atoms. The lowest BCUT2D eigenvalue weighted by Crippen LogP contribution is -2.38. The Morgan fingerprint density at radius 3 is 2.58 bits per heavy atom. The number of methoxy groups -OCH3 is 1. The summed E-state index contributed by atoms with van der Waals surface area (Å²) in [6.07, 6.45) is 5.74. The van der Waals surface area contributed by atoms with Gasteiger partial charge >= 0.3 is 0 Å². The van der Waals surface area contributed by atoms with E-state index in [0.29, 0.717) is 32.1 Å². The van der Waals surface area contributed by atoms with Crippen molar-refractivity contribution in [2.24, 2.45) is 11.3 Å². The maximum absolute atomic E-state index is 13.0. The third-order valence-corrected chi connectivity index (χ3v) is 8.22. The predicted octanol–water partition coefficient (Wildman–Crippen LogP) is 5.18. The number of likely N-dealkylation sites (tertiary alicyclic amines) is 1. The van der Waals surface area contributed by atoms with Crippen LogP contribution in [0.1, 0.15) is 63.0 Å². The van der Waals surface area contributed by atoms with E-state index in [-0.39, 0.29) is 18.4 Å². The van der Waals surface area contributed by atoms with Gasteiger partial charge in [-0.05, 0) is 42.5 Å². The predicted molar refractivity (Wildman–Crippen MR) is 140 cm³/mol. The van der Waals surface area contributed by atoms with Crippen molar-refractivity contribution in [2.45, 2.75) is 64.6 Å². The molecule has 1 amide bonds. The Morgan fingerprint density at radius 2 is 1.89 bits per heavy atom. The molecule has 4 rings (SSSR count). The van der Waals surface area contributed by atoms with Crippen LogP contribution in [-0.4, -0.2) is 55.4 Å². The third kappa shape index (κ3) is 6.22. The monoisotopic (exact) mass is 495 g/mol. The minimum absolute atomic E-state index is 0.0235. The molecule has 2 fully saturated rings. The number of hydrogen-bond acceptors (Lipinski definition) is 5. The minimum atomic E-state index is -0.584. The summed E-state index contributed by atoms with van der Waals surface area (Å²) in [7, 11) is 1.66. The van der Waals surface area contributed by atoms with E-state index >= 15 is 0 Å². The van der Waals surface area contributed by atoms with Crippen LogP contribution in [0.15, 0.2) is 48.5 Å². The summed E-state index contributed by atoms with van der Waals surface area (Å²) in [4.78, 5) is 14.9. The summed E-state index contributed by atoms with van der Waals surface area (Å²) < 4.78 is 17.5. The van der Waals surface area contributed by atoms with Gasteiger partial charge in [-0.15, -0.1) is 0 Å². The van der Waals surface area contributed by atoms with Gasteiger partial charge in [0.05, 0.1) is 26.4 Å². The number of benzene rings is 2. The molecule has 3 unspecified atom stereocenters. The highest BCUT2D eigenvalue weighted by atomic mass is 16.5. The zero-order valence-corrected chi connectivity index (χ0v) is 21.9. The number of nitrogens with zero attached hydrogens (tertiary/aromatic N) is 1. The largest absolute Gasteiger partial charge is 0.493 e. The fourth-order valence-corrected chi connectivity index (χ4v) is 5.69.